The molecule has 5 nitrogen and oxygen atoms in total. The van der Waals surface area contributed by atoms with Crippen LogP contribution in [0.2, 0.25) is 0 Å². The van der Waals surface area contributed by atoms with Gasteiger partial charge in [0, 0.05) is 19.6 Å². The van der Waals surface area contributed by atoms with Crippen molar-refractivity contribution in [2.24, 2.45) is 0 Å². The Morgan fingerprint density at radius 1 is 1.33 bits per heavy atom. The molecule has 1 saturated heterocycles. The van der Waals surface area contributed by atoms with Gasteiger partial charge in [0.2, 0.25) is 0 Å². The average Bonchev–Trinajstić information content (AvgIpc) is 2.25. The van der Waals surface area contributed by atoms with Gasteiger partial charge in [-0.3, -0.25) is 9.88 Å². The highest BCUT2D eigenvalue weighted by Gasteiger charge is 2.17. The van der Waals surface area contributed by atoms with E-state index in [1.165, 1.54) is 0 Å². The summed E-state index contributed by atoms with van der Waals surface area (Å²) in [5, 5.41) is 9.36. The van der Waals surface area contributed by atoms with Crippen LogP contribution in [0.5, 0.6) is 0 Å². The van der Waals surface area contributed by atoms with Crippen molar-refractivity contribution in [2.75, 3.05) is 18.8 Å². The molecule has 0 atom stereocenters. The Labute approximate surface area is 88.9 Å². The lowest BCUT2D eigenvalue weighted by molar-refractivity contribution is 0.0786. The maximum absolute atomic E-state index is 9.36. The molecule has 0 spiro atoms. The van der Waals surface area contributed by atoms with Crippen LogP contribution in [0.25, 0.3) is 0 Å². The molecule has 82 valence electrons. The van der Waals surface area contributed by atoms with Crippen molar-refractivity contribution in [3.63, 3.8) is 0 Å². The number of nitrogen functional groups attached to an aromatic ring is 1. The molecule has 0 aromatic carbocycles. The smallest absolute Gasteiger partial charge is 0.141 e. The Balaban J connectivity index is 1.89. The second kappa shape index (κ2) is 4.55. The highest BCUT2D eigenvalue weighted by Crippen LogP contribution is 2.12. The zero-order valence-electron chi connectivity index (χ0n) is 8.63. The van der Waals surface area contributed by atoms with Crippen LogP contribution < -0.4 is 5.73 Å². The summed E-state index contributed by atoms with van der Waals surface area (Å²) in [7, 11) is 0. The van der Waals surface area contributed by atoms with Crippen molar-refractivity contribution >= 4 is 5.82 Å². The van der Waals surface area contributed by atoms with Crippen LogP contribution in [0.3, 0.4) is 0 Å². The second-order valence-electron chi connectivity index (χ2n) is 3.94. The van der Waals surface area contributed by atoms with E-state index in [1.54, 1.807) is 12.4 Å². The van der Waals surface area contributed by atoms with Crippen LogP contribution in [-0.4, -0.2) is 39.2 Å². The topological polar surface area (TPSA) is 75.3 Å². The van der Waals surface area contributed by atoms with E-state index in [1.807, 2.05) is 0 Å². The standard InChI is InChI=1S/C10H16N4O/c11-10-6-12-8(5-13-10)7-14-3-1-9(15)2-4-14/h5-6,9,15H,1-4,7H2,(H2,11,13). The number of aliphatic hydroxyl groups excluding tert-OH is 1. The van der Waals surface area contributed by atoms with E-state index in [4.69, 9.17) is 5.73 Å². The number of nitrogens with zero attached hydrogens (tertiary/aromatic N) is 3. The minimum absolute atomic E-state index is 0.126. The Morgan fingerprint density at radius 2 is 2.07 bits per heavy atom. The van der Waals surface area contributed by atoms with Gasteiger partial charge in [-0.2, -0.15) is 0 Å². The number of nitrogens with two attached hydrogens (primary N) is 1. The first kappa shape index (κ1) is 10.3. The minimum atomic E-state index is -0.126. The second-order valence-corrected chi connectivity index (χ2v) is 3.94. The van der Waals surface area contributed by atoms with Crippen molar-refractivity contribution in [2.45, 2.75) is 25.5 Å². The SMILES string of the molecule is Nc1cnc(CN2CCC(O)CC2)cn1. The number of aromatic nitrogens is 2. The third-order valence-corrected chi connectivity index (χ3v) is 2.67. The highest BCUT2D eigenvalue weighted by atomic mass is 16.3. The van der Waals surface area contributed by atoms with Crippen LogP contribution in [-0.2, 0) is 6.54 Å². The van der Waals surface area contributed by atoms with Crippen molar-refractivity contribution < 1.29 is 5.11 Å². The van der Waals surface area contributed by atoms with Gasteiger partial charge in [-0.25, -0.2) is 4.98 Å². The lowest BCUT2D eigenvalue weighted by Crippen LogP contribution is -2.35. The molecule has 1 aliphatic rings. The minimum Gasteiger partial charge on any atom is -0.393 e. The zero-order chi connectivity index (χ0) is 10.7. The largest absolute Gasteiger partial charge is 0.393 e. The summed E-state index contributed by atoms with van der Waals surface area (Å²) in [5.74, 6) is 0.452. The van der Waals surface area contributed by atoms with Gasteiger partial charge in [-0.15, -0.1) is 0 Å². The molecule has 3 N–H and O–H groups in total. The van der Waals surface area contributed by atoms with Gasteiger partial charge in [-0.05, 0) is 12.8 Å². The molecule has 0 saturated carbocycles. The Bertz CT molecular complexity index is 306. The summed E-state index contributed by atoms with van der Waals surface area (Å²) in [4.78, 5) is 10.5. The molecule has 0 unspecified atom stereocenters. The third-order valence-electron chi connectivity index (χ3n) is 2.67. The first-order chi connectivity index (χ1) is 7.24. The summed E-state index contributed by atoms with van der Waals surface area (Å²) >= 11 is 0. The van der Waals surface area contributed by atoms with Gasteiger partial charge in [0.15, 0.2) is 0 Å². The summed E-state index contributed by atoms with van der Waals surface area (Å²) in [6.07, 6.45) is 4.86. The average molecular weight is 208 g/mol. The van der Waals surface area contributed by atoms with Gasteiger partial charge in [0.05, 0.1) is 24.2 Å². The predicted octanol–water partition coefficient (Wildman–Crippen LogP) is 0.0155. The van der Waals surface area contributed by atoms with Gasteiger partial charge < -0.3 is 10.8 Å². The van der Waals surface area contributed by atoms with Crippen LogP contribution in [0.4, 0.5) is 5.82 Å². The first-order valence-electron chi connectivity index (χ1n) is 5.21. The number of hydrogen-bond donors (Lipinski definition) is 2. The van der Waals surface area contributed by atoms with Crippen molar-refractivity contribution in [3.05, 3.63) is 18.1 Å². The summed E-state index contributed by atoms with van der Waals surface area (Å²) in [6.45, 7) is 2.64. The fourth-order valence-corrected chi connectivity index (χ4v) is 1.75. The fraction of sp³-hybridized carbons (Fsp3) is 0.600. The number of likely N-dealkylation sites (tertiary alicyclic amines) is 1. The molecule has 0 radical (unpaired) electrons. The maximum atomic E-state index is 9.36. The predicted molar refractivity (Wildman–Crippen MR) is 57.0 cm³/mol. The third kappa shape index (κ3) is 2.87. The lowest BCUT2D eigenvalue weighted by atomic mass is 10.1. The quantitative estimate of drug-likeness (QED) is 0.716. The van der Waals surface area contributed by atoms with Gasteiger partial charge in [-0.1, -0.05) is 0 Å². The summed E-state index contributed by atoms with van der Waals surface area (Å²) < 4.78 is 0. The number of rotatable bonds is 2. The Kier molecular flexibility index (Phi) is 3.13. The van der Waals surface area contributed by atoms with Crippen LogP contribution >= 0.6 is 0 Å². The van der Waals surface area contributed by atoms with E-state index in [2.05, 4.69) is 14.9 Å². The van der Waals surface area contributed by atoms with E-state index < -0.39 is 0 Å². The molecule has 1 fully saturated rings. The lowest BCUT2D eigenvalue weighted by Gasteiger charge is -2.28. The molecule has 2 heterocycles. The Morgan fingerprint density at radius 3 is 2.67 bits per heavy atom. The monoisotopic (exact) mass is 208 g/mol. The zero-order valence-corrected chi connectivity index (χ0v) is 8.63. The van der Waals surface area contributed by atoms with Crippen LogP contribution in [0.1, 0.15) is 18.5 Å². The summed E-state index contributed by atoms with van der Waals surface area (Å²) in [5.41, 5.74) is 6.39. The Hall–Kier alpha value is -1.20. The number of aliphatic hydroxyl groups is 1. The van der Waals surface area contributed by atoms with Gasteiger partial charge in [0.25, 0.3) is 0 Å². The van der Waals surface area contributed by atoms with Crippen LogP contribution in [0.15, 0.2) is 12.4 Å². The van der Waals surface area contributed by atoms with Crippen molar-refractivity contribution in [3.8, 4) is 0 Å². The van der Waals surface area contributed by atoms with E-state index in [0.717, 1.165) is 38.2 Å². The molecule has 15 heavy (non-hydrogen) atoms. The molecule has 1 aliphatic heterocycles. The fourth-order valence-electron chi connectivity index (χ4n) is 1.75. The molecule has 2 rings (SSSR count). The first-order valence-corrected chi connectivity index (χ1v) is 5.21. The maximum Gasteiger partial charge on any atom is 0.141 e. The van der Waals surface area contributed by atoms with Gasteiger partial charge in [0.1, 0.15) is 5.82 Å². The molecule has 5 heteroatoms. The molecular formula is C10H16N4O. The highest BCUT2D eigenvalue weighted by molar-refractivity contribution is 5.22. The van der Waals surface area contributed by atoms with E-state index in [9.17, 15) is 5.11 Å². The van der Waals surface area contributed by atoms with E-state index >= 15 is 0 Å². The summed E-state index contributed by atoms with van der Waals surface area (Å²) in [6, 6.07) is 0. The van der Waals surface area contributed by atoms with E-state index in [0.29, 0.717) is 5.82 Å². The number of piperidine rings is 1. The van der Waals surface area contributed by atoms with Crippen molar-refractivity contribution in [1.29, 1.82) is 0 Å². The van der Waals surface area contributed by atoms with Gasteiger partial charge >= 0.3 is 0 Å². The van der Waals surface area contributed by atoms with Crippen LogP contribution in [0, 0.1) is 0 Å². The number of hydrogen-bond acceptors (Lipinski definition) is 5. The number of anilines is 1. The van der Waals surface area contributed by atoms with Crippen molar-refractivity contribution in [1.82, 2.24) is 14.9 Å². The normalized spacial score (nSPS) is 19.3. The molecule has 1 aromatic heterocycles. The van der Waals surface area contributed by atoms with E-state index in [-0.39, 0.29) is 6.10 Å². The molecule has 0 amide bonds. The molecule has 0 bridgehead atoms. The molecule has 0 aliphatic carbocycles. The molecular weight excluding hydrogens is 192 g/mol. The molecule has 1 aromatic rings.